The Morgan fingerprint density at radius 1 is 1.28 bits per heavy atom. The first-order valence-corrected chi connectivity index (χ1v) is 6.26. The molecule has 2 aromatic rings. The van der Waals surface area contributed by atoms with E-state index >= 15 is 0 Å². The van der Waals surface area contributed by atoms with Crippen molar-refractivity contribution in [3.05, 3.63) is 48.5 Å². The number of aromatic nitrogens is 2. The van der Waals surface area contributed by atoms with E-state index in [9.17, 15) is 0 Å². The third-order valence-corrected chi connectivity index (χ3v) is 2.68. The van der Waals surface area contributed by atoms with Gasteiger partial charge in [0.1, 0.15) is 12.4 Å². The summed E-state index contributed by atoms with van der Waals surface area (Å²) in [7, 11) is 0. The average molecular weight is 245 g/mol. The maximum Gasteiger partial charge on any atom is 0.119 e. The monoisotopic (exact) mass is 245 g/mol. The van der Waals surface area contributed by atoms with Crippen molar-refractivity contribution >= 4 is 0 Å². The molecule has 0 atom stereocenters. The van der Waals surface area contributed by atoms with Crippen molar-refractivity contribution in [2.45, 2.75) is 20.0 Å². The summed E-state index contributed by atoms with van der Waals surface area (Å²) in [5, 5.41) is 3.29. The molecule has 0 aliphatic rings. The maximum absolute atomic E-state index is 5.67. The van der Waals surface area contributed by atoms with Crippen LogP contribution in [0.2, 0.25) is 0 Å². The number of rotatable bonds is 7. The van der Waals surface area contributed by atoms with Gasteiger partial charge < -0.3 is 14.6 Å². The highest BCUT2D eigenvalue weighted by atomic mass is 16.5. The number of nitrogens with one attached hydrogen (secondary N) is 1. The second-order valence-corrected chi connectivity index (χ2v) is 4.07. The predicted molar refractivity (Wildman–Crippen MR) is 71.5 cm³/mol. The van der Waals surface area contributed by atoms with Crippen LogP contribution in [-0.2, 0) is 13.1 Å². The molecule has 0 bridgehead atoms. The van der Waals surface area contributed by atoms with Gasteiger partial charge in [0.25, 0.3) is 0 Å². The largest absolute Gasteiger partial charge is 0.492 e. The van der Waals surface area contributed by atoms with E-state index in [2.05, 4.69) is 29.4 Å². The van der Waals surface area contributed by atoms with E-state index in [1.165, 1.54) is 5.56 Å². The third-order valence-electron chi connectivity index (χ3n) is 2.68. The van der Waals surface area contributed by atoms with Gasteiger partial charge in [0.2, 0.25) is 0 Å². The first-order valence-electron chi connectivity index (χ1n) is 6.26. The number of hydrogen-bond acceptors (Lipinski definition) is 3. The molecule has 96 valence electrons. The molecular weight excluding hydrogens is 226 g/mol. The minimum Gasteiger partial charge on any atom is -0.492 e. The molecule has 1 aromatic carbocycles. The van der Waals surface area contributed by atoms with Crippen LogP contribution in [0.25, 0.3) is 0 Å². The fourth-order valence-corrected chi connectivity index (χ4v) is 1.66. The third kappa shape index (κ3) is 3.89. The van der Waals surface area contributed by atoms with E-state index in [1.807, 2.05) is 22.9 Å². The normalized spacial score (nSPS) is 10.5. The summed E-state index contributed by atoms with van der Waals surface area (Å²) in [6, 6.07) is 8.21. The lowest BCUT2D eigenvalue weighted by molar-refractivity contribution is 0.298. The highest BCUT2D eigenvalue weighted by Crippen LogP contribution is 2.12. The number of nitrogens with zero attached hydrogens (tertiary/aromatic N) is 2. The van der Waals surface area contributed by atoms with Gasteiger partial charge in [-0.1, -0.05) is 19.1 Å². The first kappa shape index (κ1) is 12.6. The zero-order valence-electron chi connectivity index (χ0n) is 10.7. The van der Waals surface area contributed by atoms with Crippen molar-refractivity contribution in [3.63, 3.8) is 0 Å². The molecule has 0 amide bonds. The Morgan fingerprint density at radius 2 is 2.11 bits per heavy atom. The average Bonchev–Trinajstić information content (AvgIpc) is 2.91. The SMILES string of the molecule is CCNCc1ccc(OCCn2ccnc2)cc1. The van der Waals surface area contributed by atoms with Crippen LogP contribution in [0.5, 0.6) is 5.75 Å². The molecule has 1 N–H and O–H groups in total. The summed E-state index contributed by atoms with van der Waals surface area (Å²) in [6.45, 7) is 5.48. The molecule has 0 saturated heterocycles. The number of benzene rings is 1. The summed E-state index contributed by atoms with van der Waals surface area (Å²) in [5.74, 6) is 0.912. The van der Waals surface area contributed by atoms with Crippen molar-refractivity contribution in [1.29, 1.82) is 0 Å². The molecule has 1 heterocycles. The van der Waals surface area contributed by atoms with Gasteiger partial charge in [-0.15, -0.1) is 0 Å². The molecule has 0 aliphatic heterocycles. The Hall–Kier alpha value is -1.81. The molecule has 1 aromatic heterocycles. The van der Waals surface area contributed by atoms with Crippen LogP contribution >= 0.6 is 0 Å². The molecule has 0 aliphatic carbocycles. The van der Waals surface area contributed by atoms with Gasteiger partial charge in [-0.25, -0.2) is 4.98 Å². The van der Waals surface area contributed by atoms with Gasteiger partial charge in [-0.05, 0) is 24.2 Å². The Bertz CT molecular complexity index is 437. The van der Waals surface area contributed by atoms with E-state index in [0.29, 0.717) is 6.61 Å². The fourth-order valence-electron chi connectivity index (χ4n) is 1.66. The zero-order chi connectivity index (χ0) is 12.6. The molecule has 0 spiro atoms. The molecule has 4 nitrogen and oxygen atoms in total. The number of hydrogen-bond donors (Lipinski definition) is 1. The predicted octanol–water partition coefficient (Wildman–Crippen LogP) is 2.07. The van der Waals surface area contributed by atoms with E-state index in [4.69, 9.17) is 4.74 Å². The second-order valence-electron chi connectivity index (χ2n) is 4.07. The van der Waals surface area contributed by atoms with E-state index in [0.717, 1.165) is 25.4 Å². The van der Waals surface area contributed by atoms with Gasteiger partial charge in [-0.3, -0.25) is 0 Å². The first-order chi connectivity index (χ1) is 8.88. The van der Waals surface area contributed by atoms with Crippen molar-refractivity contribution in [1.82, 2.24) is 14.9 Å². The van der Waals surface area contributed by atoms with Gasteiger partial charge in [0.05, 0.1) is 12.9 Å². The zero-order valence-corrected chi connectivity index (χ0v) is 10.7. The topological polar surface area (TPSA) is 39.1 Å². The summed E-state index contributed by atoms with van der Waals surface area (Å²) in [5.41, 5.74) is 1.28. The molecule has 0 saturated carbocycles. The molecular formula is C14H19N3O. The smallest absolute Gasteiger partial charge is 0.119 e. The second kappa shape index (κ2) is 6.81. The maximum atomic E-state index is 5.67. The lowest BCUT2D eigenvalue weighted by Crippen LogP contribution is -2.11. The van der Waals surface area contributed by atoms with Crippen LogP contribution in [0.3, 0.4) is 0 Å². The van der Waals surface area contributed by atoms with Crippen LogP contribution in [0.15, 0.2) is 43.0 Å². The standard InChI is InChI=1S/C14H19N3O/c1-2-15-11-13-3-5-14(6-4-13)18-10-9-17-8-7-16-12-17/h3-8,12,15H,2,9-11H2,1H3. The number of ether oxygens (including phenoxy) is 1. The fraction of sp³-hybridized carbons (Fsp3) is 0.357. The lowest BCUT2D eigenvalue weighted by Gasteiger charge is -2.08. The molecule has 2 rings (SSSR count). The Labute approximate surface area is 108 Å². The summed E-state index contributed by atoms with van der Waals surface area (Å²) in [4.78, 5) is 3.99. The molecule has 0 fully saturated rings. The summed E-state index contributed by atoms with van der Waals surface area (Å²) in [6.07, 6.45) is 5.50. The highest BCUT2D eigenvalue weighted by molar-refractivity contribution is 5.27. The summed E-state index contributed by atoms with van der Waals surface area (Å²) < 4.78 is 7.67. The van der Waals surface area contributed by atoms with Gasteiger partial charge in [0.15, 0.2) is 0 Å². The van der Waals surface area contributed by atoms with Gasteiger partial charge >= 0.3 is 0 Å². The Balaban J connectivity index is 1.75. The van der Waals surface area contributed by atoms with Crippen LogP contribution in [-0.4, -0.2) is 22.7 Å². The van der Waals surface area contributed by atoms with Gasteiger partial charge in [-0.2, -0.15) is 0 Å². The van der Waals surface area contributed by atoms with Crippen molar-refractivity contribution in [2.75, 3.05) is 13.2 Å². The molecule has 18 heavy (non-hydrogen) atoms. The van der Waals surface area contributed by atoms with Gasteiger partial charge in [0, 0.05) is 18.9 Å². The Kier molecular flexibility index (Phi) is 4.78. The Morgan fingerprint density at radius 3 is 2.78 bits per heavy atom. The van der Waals surface area contributed by atoms with Crippen LogP contribution in [0.1, 0.15) is 12.5 Å². The van der Waals surface area contributed by atoms with Crippen LogP contribution < -0.4 is 10.1 Å². The van der Waals surface area contributed by atoms with Crippen molar-refractivity contribution in [3.8, 4) is 5.75 Å². The molecule has 4 heteroatoms. The van der Waals surface area contributed by atoms with Crippen LogP contribution in [0, 0.1) is 0 Å². The van der Waals surface area contributed by atoms with Crippen molar-refractivity contribution < 1.29 is 4.74 Å². The quantitative estimate of drug-likeness (QED) is 0.811. The van der Waals surface area contributed by atoms with E-state index in [-0.39, 0.29) is 0 Å². The number of imidazole rings is 1. The lowest BCUT2D eigenvalue weighted by atomic mass is 10.2. The highest BCUT2D eigenvalue weighted by Gasteiger charge is 1.96. The van der Waals surface area contributed by atoms with Crippen LogP contribution in [0.4, 0.5) is 0 Å². The van der Waals surface area contributed by atoms with Crippen molar-refractivity contribution in [2.24, 2.45) is 0 Å². The summed E-state index contributed by atoms with van der Waals surface area (Å²) >= 11 is 0. The molecule has 0 unspecified atom stereocenters. The molecule has 0 radical (unpaired) electrons. The minimum atomic E-state index is 0.656. The minimum absolute atomic E-state index is 0.656. The van der Waals surface area contributed by atoms with E-state index < -0.39 is 0 Å². The van der Waals surface area contributed by atoms with E-state index in [1.54, 1.807) is 12.5 Å².